The molecule has 1 saturated heterocycles. The Hall–Kier alpha value is -2.80. The number of rotatable bonds is 4. The Kier molecular flexibility index (Phi) is 4.62. The van der Waals surface area contributed by atoms with Gasteiger partial charge in [0.15, 0.2) is 0 Å². The largest absolute Gasteiger partial charge is 0.370 e. The van der Waals surface area contributed by atoms with Gasteiger partial charge in [-0.25, -0.2) is 0 Å². The summed E-state index contributed by atoms with van der Waals surface area (Å²) in [6, 6.07) is 20.6. The van der Waals surface area contributed by atoms with Crippen LogP contribution in [0.2, 0.25) is 0 Å². The number of hydrogen-bond donors (Lipinski definition) is 1. The molecule has 1 saturated carbocycles. The molecule has 4 nitrogen and oxygen atoms in total. The van der Waals surface area contributed by atoms with Crippen molar-refractivity contribution in [2.45, 2.75) is 31.2 Å². The van der Waals surface area contributed by atoms with E-state index in [1.165, 1.54) is 5.56 Å². The molecule has 1 heterocycles. The minimum Gasteiger partial charge on any atom is -0.370 e. The molecule has 2 atom stereocenters. The molecule has 4 heteroatoms. The SMILES string of the molecule is N#Cc1ccccc1N1CCC(NC(=O)[C@H]2C[C@@H]2c2ccccc2)CC1. The van der Waals surface area contributed by atoms with Crippen LogP contribution in [0.4, 0.5) is 5.69 Å². The summed E-state index contributed by atoms with van der Waals surface area (Å²) in [6.07, 6.45) is 2.81. The molecule has 1 N–H and O–H groups in total. The van der Waals surface area contributed by atoms with E-state index in [1.54, 1.807) is 0 Å². The molecule has 1 aliphatic carbocycles. The zero-order chi connectivity index (χ0) is 17.9. The topological polar surface area (TPSA) is 56.1 Å². The van der Waals surface area contributed by atoms with Crippen LogP contribution in [0.15, 0.2) is 54.6 Å². The van der Waals surface area contributed by atoms with Crippen LogP contribution in [0.5, 0.6) is 0 Å². The quantitative estimate of drug-likeness (QED) is 0.923. The van der Waals surface area contributed by atoms with Gasteiger partial charge in [0.05, 0.1) is 11.3 Å². The number of anilines is 1. The van der Waals surface area contributed by atoms with Crippen molar-refractivity contribution in [3.8, 4) is 6.07 Å². The van der Waals surface area contributed by atoms with Crippen molar-refractivity contribution in [2.24, 2.45) is 5.92 Å². The number of piperidine rings is 1. The maximum atomic E-state index is 12.5. The summed E-state index contributed by atoms with van der Waals surface area (Å²) < 4.78 is 0. The number of nitriles is 1. The zero-order valence-corrected chi connectivity index (χ0v) is 14.8. The third-order valence-electron chi connectivity index (χ3n) is 5.56. The van der Waals surface area contributed by atoms with Crippen molar-refractivity contribution in [3.05, 3.63) is 65.7 Å². The number of nitrogens with zero attached hydrogens (tertiary/aromatic N) is 2. The molecule has 1 amide bonds. The monoisotopic (exact) mass is 345 g/mol. The van der Waals surface area contributed by atoms with Crippen LogP contribution in [0.3, 0.4) is 0 Å². The molecule has 2 aliphatic rings. The molecule has 2 fully saturated rings. The summed E-state index contributed by atoms with van der Waals surface area (Å²) >= 11 is 0. The number of carbonyl (C=O) groups is 1. The third kappa shape index (κ3) is 3.43. The first-order chi connectivity index (χ1) is 12.8. The minimum absolute atomic E-state index is 0.134. The molecule has 0 unspecified atom stereocenters. The van der Waals surface area contributed by atoms with Gasteiger partial charge in [0.25, 0.3) is 0 Å². The van der Waals surface area contributed by atoms with Gasteiger partial charge in [-0.3, -0.25) is 4.79 Å². The Labute approximate surface area is 154 Å². The van der Waals surface area contributed by atoms with Crippen LogP contribution in [0.25, 0.3) is 0 Å². The van der Waals surface area contributed by atoms with Gasteiger partial charge in [0.1, 0.15) is 6.07 Å². The van der Waals surface area contributed by atoms with Crippen LogP contribution in [0, 0.1) is 17.2 Å². The summed E-state index contributed by atoms with van der Waals surface area (Å²) in [5.41, 5.74) is 3.00. The molecular weight excluding hydrogens is 322 g/mol. The van der Waals surface area contributed by atoms with Gasteiger partial charge in [-0.05, 0) is 42.9 Å². The second-order valence-corrected chi connectivity index (χ2v) is 7.26. The fourth-order valence-electron chi connectivity index (χ4n) is 3.97. The summed E-state index contributed by atoms with van der Waals surface area (Å²) in [7, 11) is 0. The fourth-order valence-corrected chi connectivity index (χ4v) is 3.97. The molecular formula is C22H23N3O. The Bertz CT molecular complexity index is 819. The summed E-state index contributed by atoms with van der Waals surface area (Å²) in [5.74, 6) is 0.725. The van der Waals surface area contributed by atoms with E-state index in [9.17, 15) is 10.1 Å². The number of para-hydroxylation sites is 1. The van der Waals surface area contributed by atoms with Gasteiger partial charge in [-0.15, -0.1) is 0 Å². The van der Waals surface area contributed by atoms with Crippen molar-refractivity contribution in [1.29, 1.82) is 5.26 Å². The second kappa shape index (κ2) is 7.21. The average molecular weight is 345 g/mol. The second-order valence-electron chi connectivity index (χ2n) is 7.26. The van der Waals surface area contributed by atoms with Crippen LogP contribution in [-0.4, -0.2) is 25.0 Å². The Morgan fingerprint density at radius 2 is 1.73 bits per heavy atom. The first-order valence-electron chi connectivity index (χ1n) is 9.35. The number of benzene rings is 2. The van der Waals surface area contributed by atoms with E-state index in [2.05, 4.69) is 28.4 Å². The predicted molar refractivity (Wildman–Crippen MR) is 102 cm³/mol. The zero-order valence-electron chi connectivity index (χ0n) is 14.8. The van der Waals surface area contributed by atoms with E-state index in [0.717, 1.165) is 43.6 Å². The summed E-state index contributed by atoms with van der Waals surface area (Å²) in [4.78, 5) is 14.8. The molecule has 2 aromatic carbocycles. The van der Waals surface area contributed by atoms with E-state index >= 15 is 0 Å². The maximum absolute atomic E-state index is 12.5. The van der Waals surface area contributed by atoms with Crippen LogP contribution in [0.1, 0.15) is 36.3 Å². The number of carbonyl (C=O) groups excluding carboxylic acids is 1. The highest BCUT2D eigenvalue weighted by Gasteiger charge is 2.44. The van der Waals surface area contributed by atoms with Gasteiger partial charge in [0, 0.05) is 25.0 Å². The van der Waals surface area contributed by atoms with Gasteiger partial charge in [0.2, 0.25) is 5.91 Å². The van der Waals surface area contributed by atoms with Crippen molar-refractivity contribution in [3.63, 3.8) is 0 Å². The van der Waals surface area contributed by atoms with E-state index in [1.807, 2.05) is 42.5 Å². The molecule has 2 aromatic rings. The number of hydrogen-bond acceptors (Lipinski definition) is 3. The molecule has 1 aliphatic heterocycles. The Balaban J connectivity index is 1.29. The highest BCUT2D eigenvalue weighted by Crippen LogP contribution is 2.47. The lowest BCUT2D eigenvalue weighted by Crippen LogP contribution is -2.45. The highest BCUT2D eigenvalue weighted by molar-refractivity contribution is 5.83. The van der Waals surface area contributed by atoms with E-state index in [-0.39, 0.29) is 17.9 Å². The van der Waals surface area contributed by atoms with Crippen molar-refractivity contribution >= 4 is 11.6 Å². The van der Waals surface area contributed by atoms with Crippen molar-refractivity contribution in [1.82, 2.24) is 5.32 Å². The molecule has 26 heavy (non-hydrogen) atoms. The fraction of sp³-hybridized carbons (Fsp3) is 0.364. The van der Waals surface area contributed by atoms with E-state index in [4.69, 9.17) is 0 Å². The lowest BCUT2D eigenvalue weighted by Gasteiger charge is -2.34. The molecule has 132 valence electrons. The standard InChI is InChI=1S/C22H23N3O/c23-15-17-8-4-5-9-21(17)25-12-10-18(11-13-25)24-22(26)20-14-19(20)16-6-2-1-3-7-16/h1-9,18-20H,10-14H2,(H,24,26)/t19-,20+/m1/s1. The smallest absolute Gasteiger partial charge is 0.223 e. The molecule has 0 aromatic heterocycles. The van der Waals surface area contributed by atoms with Crippen LogP contribution < -0.4 is 10.2 Å². The molecule has 4 rings (SSSR count). The molecule has 0 spiro atoms. The lowest BCUT2D eigenvalue weighted by molar-refractivity contribution is -0.123. The van der Waals surface area contributed by atoms with Gasteiger partial charge < -0.3 is 10.2 Å². The van der Waals surface area contributed by atoms with E-state index < -0.39 is 0 Å². The highest BCUT2D eigenvalue weighted by atomic mass is 16.2. The molecule has 0 bridgehead atoms. The van der Waals surface area contributed by atoms with Gasteiger partial charge in [-0.2, -0.15) is 5.26 Å². The predicted octanol–water partition coefficient (Wildman–Crippen LogP) is 3.45. The number of amides is 1. The summed E-state index contributed by atoms with van der Waals surface area (Å²) in [5, 5.41) is 12.5. The first kappa shape index (κ1) is 16.7. The first-order valence-corrected chi connectivity index (χ1v) is 9.35. The average Bonchev–Trinajstić information content (AvgIpc) is 3.50. The molecule has 0 radical (unpaired) electrons. The van der Waals surface area contributed by atoms with Crippen LogP contribution in [-0.2, 0) is 4.79 Å². The van der Waals surface area contributed by atoms with Gasteiger partial charge >= 0.3 is 0 Å². The summed E-state index contributed by atoms with van der Waals surface area (Å²) in [6.45, 7) is 1.74. The third-order valence-corrected chi connectivity index (χ3v) is 5.56. The normalized spacial score (nSPS) is 22.5. The maximum Gasteiger partial charge on any atom is 0.223 e. The van der Waals surface area contributed by atoms with Crippen molar-refractivity contribution in [2.75, 3.05) is 18.0 Å². The number of nitrogens with one attached hydrogen (secondary N) is 1. The van der Waals surface area contributed by atoms with Crippen molar-refractivity contribution < 1.29 is 4.79 Å². The van der Waals surface area contributed by atoms with Crippen LogP contribution >= 0.6 is 0 Å². The Morgan fingerprint density at radius 1 is 1.04 bits per heavy atom. The minimum atomic E-state index is 0.134. The Morgan fingerprint density at radius 3 is 2.46 bits per heavy atom. The van der Waals surface area contributed by atoms with E-state index in [0.29, 0.717) is 5.92 Å². The van der Waals surface area contributed by atoms with Gasteiger partial charge in [-0.1, -0.05) is 42.5 Å². The lowest BCUT2D eigenvalue weighted by atomic mass is 10.0.